The molecule has 3 rings (SSSR count). The molecule has 0 aliphatic carbocycles. The van der Waals surface area contributed by atoms with E-state index in [4.69, 9.17) is 27.9 Å². The van der Waals surface area contributed by atoms with Crippen LogP contribution in [0.2, 0.25) is 10.0 Å². The highest BCUT2D eigenvalue weighted by atomic mass is 127. The summed E-state index contributed by atoms with van der Waals surface area (Å²) in [5.74, 6) is -0.125. The number of hydrogen-bond donors (Lipinski definition) is 1. The molecule has 0 fully saturated rings. The zero-order valence-corrected chi connectivity index (χ0v) is 20.8. The molecule has 0 saturated heterocycles. The Balaban J connectivity index is 1.74. The third kappa shape index (κ3) is 6.49. The number of nitrogens with zero attached hydrogens (tertiary/aromatic N) is 1. The summed E-state index contributed by atoms with van der Waals surface area (Å²) in [5, 5.41) is 12.9. The molecular formula is C25H19Cl2IN2O2. The van der Waals surface area contributed by atoms with E-state index in [1.807, 2.05) is 67.6 Å². The first kappa shape index (κ1) is 24.1. The summed E-state index contributed by atoms with van der Waals surface area (Å²) in [7, 11) is 0. The maximum absolute atomic E-state index is 12.6. The zero-order chi connectivity index (χ0) is 23.1. The number of ether oxygens (including phenoxy) is 1. The molecule has 3 aromatic carbocycles. The molecule has 0 spiro atoms. The van der Waals surface area contributed by atoms with Gasteiger partial charge in [-0.1, -0.05) is 65.7 Å². The molecule has 32 heavy (non-hydrogen) atoms. The topological polar surface area (TPSA) is 62.1 Å². The van der Waals surface area contributed by atoms with Gasteiger partial charge in [-0.05, 0) is 76.5 Å². The van der Waals surface area contributed by atoms with Gasteiger partial charge >= 0.3 is 0 Å². The highest BCUT2D eigenvalue weighted by Crippen LogP contribution is 2.35. The van der Waals surface area contributed by atoms with Crippen LogP contribution in [0.3, 0.4) is 0 Å². The van der Waals surface area contributed by atoms with Gasteiger partial charge < -0.3 is 10.1 Å². The largest absolute Gasteiger partial charge is 0.486 e. The number of rotatable bonds is 7. The van der Waals surface area contributed by atoms with Crippen molar-refractivity contribution in [3.8, 4) is 11.8 Å². The van der Waals surface area contributed by atoms with Gasteiger partial charge in [-0.25, -0.2) is 0 Å². The van der Waals surface area contributed by atoms with E-state index in [2.05, 4.69) is 27.9 Å². The Bertz CT molecular complexity index is 1150. The molecule has 0 aromatic heterocycles. The second-order valence-corrected chi connectivity index (χ2v) is 9.06. The number of nitrogens with one attached hydrogen (secondary N) is 1. The Morgan fingerprint density at radius 2 is 1.75 bits per heavy atom. The van der Waals surface area contributed by atoms with E-state index >= 15 is 0 Å². The lowest BCUT2D eigenvalue weighted by Gasteiger charge is -2.14. The molecular weight excluding hydrogens is 558 g/mol. The van der Waals surface area contributed by atoms with Crippen LogP contribution < -0.4 is 10.1 Å². The minimum Gasteiger partial charge on any atom is -0.486 e. The Labute approximate surface area is 210 Å². The number of benzene rings is 3. The monoisotopic (exact) mass is 576 g/mol. The first-order valence-corrected chi connectivity index (χ1v) is 11.5. The highest BCUT2D eigenvalue weighted by molar-refractivity contribution is 14.1. The molecule has 0 aliphatic heterocycles. The molecule has 4 nitrogen and oxygen atoms in total. The van der Waals surface area contributed by atoms with E-state index in [0.717, 1.165) is 14.7 Å². The third-order valence-electron chi connectivity index (χ3n) is 4.64. The quantitative estimate of drug-likeness (QED) is 0.188. The summed E-state index contributed by atoms with van der Waals surface area (Å²) in [4.78, 5) is 12.6. The highest BCUT2D eigenvalue weighted by Gasteiger charge is 2.15. The fourth-order valence-electron chi connectivity index (χ4n) is 2.95. The minimum absolute atomic E-state index is 0.0486. The van der Waals surface area contributed by atoms with Crippen LogP contribution in [0, 0.1) is 14.9 Å². The molecule has 1 amide bonds. The molecule has 1 atom stereocenters. The molecule has 162 valence electrons. The van der Waals surface area contributed by atoms with Crippen LogP contribution in [0.1, 0.15) is 29.7 Å². The molecule has 0 unspecified atom stereocenters. The Morgan fingerprint density at radius 3 is 2.34 bits per heavy atom. The van der Waals surface area contributed by atoms with E-state index in [9.17, 15) is 10.1 Å². The average Bonchev–Trinajstić information content (AvgIpc) is 2.78. The molecule has 0 aliphatic rings. The van der Waals surface area contributed by atoms with E-state index in [-0.39, 0.29) is 11.6 Å². The standard InChI is InChI=1S/C25H19Cl2IN2O2/c1-16(19-5-3-2-4-6-19)30-25(31)20(14-29)11-18-12-22(26)24(23(27)13-18)32-15-17-7-9-21(28)10-8-17/h2-13,16H,15H2,1H3,(H,30,31)/b20-11-/t16-/m0/s1. The van der Waals surface area contributed by atoms with Gasteiger partial charge in [0.05, 0.1) is 16.1 Å². The normalized spacial score (nSPS) is 12.0. The summed E-state index contributed by atoms with van der Waals surface area (Å²) in [6.07, 6.45) is 1.45. The molecule has 3 aromatic rings. The fourth-order valence-corrected chi connectivity index (χ4v) is 3.92. The molecule has 0 bridgehead atoms. The first-order valence-electron chi connectivity index (χ1n) is 9.71. The summed E-state index contributed by atoms with van der Waals surface area (Å²) in [5.41, 5.74) is 2.41. The predicted octanol–water partition coefficient (Wildman–Crippen LogP) is 6.96. The molecule has 1 N–H and O–H groups in total. The molecule has 7 heteroatoms. The van der Waals surface area contributed by atoms with Gasteiger partial charge in [-0.2, -0.15) is 5.26 Å². The maximum Gasteiger partial charge on any atom is 0.262 e. The van der Waals surface area contributed by atoms with Crippen molar-refractivity contribution in [1.29, 1.82) is 5.26 Å². The Kier molecular flexibility index (Phi) is 8.57. The van der Waals surface area contributed by atoms with Crippen molar-refractivity contribution in [3.05, 3.63) is 103 Å². The summed E-state index contributed by atoms with van der Waals surface area (Å²) in [6.45, 7) is 2.17. The Morgan fingerprint density at radius 1 is 1.12 bits per heavy atom. The number of nitriles is 1. The first-order chi connectivity index (χ1) is 15.4. The van der Waals surface area contributed by atoms with Gasteiger partial charge in [0.2, 0.25) is 0 Å². The van der Waals surface area contributed by atoms with Crippen LogP contribution in [-0.4, -0.2) is 5.91 Å². The number of halogens is 3. The second kappa shape index (κ2) is 11.4. The summed E-state index contributed by atoms with van der Waals surface area (Å²) >= 11 is 15.0. The SMILES string of the molecule is C[C@H](NC(=O)/C(C#N)=C\c1cc(Cl)c(OCc2ccc(I)cc2)c(Cl)c1)c1ccccc1. The number of amides is 1. The molecule has 0 heterocycles. The lowest BCUT2D eigenvalue weighted by molar-refractivity contribution is -0.117. The Hall–Kier alpha value is -2.53. The van der Waals surface area contributed by atoms with Crippen LogP contribution in [0.15, 0.2) is 72.3 Å². The molecule has 0 radical (unpaired) electrons. The maximum atomic E-state index is 12.6. The minimum atomic E-state index is -0.477. The van der Waals surface area contributed by atoms with Gasteiger partial charge in [0, 0.05) is 3.57 Å². The van der Waals surface area contributed by atoms with Gasteiger partial charge in [0.25, 0.3) is 5.91 Å². The summed E-state index contributed by atoms with van der Waals surface area (Å²) < 4.78 is 6.93. The fraction of sp³-hybridized carbons (Fsp3) is 0.120. The van der Waals surface area contributed by atoms with Gasteiger partial charge in [0.15, 0.2) is 5.75 Å². The van der Waals surface area contributed by atoms with Crippen molar-refractivity contribution >= 4 is 57.8 Å². The lowest BCUT2D eigenvalue weighted by atomic mass is 10.1. The average molecular weight is 577 g/mol. The van der Waals surface area contributed by atoms with E-state index < -0.39 is 5.91 Å². The number of carbonyl (C=O) groups is 1. The number of hydrogen-bond acceptors (Lipinski definition) is 3. The van der Waals surface area contributed by atoms with E-state index in [0.29, 0.717) is 28.0 Å². The van der Waals surface area contributed by atoms with Crippen molar-refractivity contribution in [1.82, 2.24) is 5.32 Å². The predicted molar refractivity (Wildman–Crippen MR) is 137 cm³/mol. The van der Waals surface area contributed by atoms with Crippen LogP contribution in [0.5, 0.6) is 5.75 Å². The molecule has 0 saturated carbocycles. The zero-order valence-electron chi connectivity index (χ0n) is 17.1. The smallest absolute Gasteiger partial charge is 0.262 e. The van der Waals surface area contributed by atoms with Crippen molar-refractivity contribution in [2.75, 3.05) is 0 Å². The van der Waals surface area contributed by atoms with Gasteiger partial charge in [-0.3, -0.25) is 4.79 Å². The number of carbonyl (C=O) groups excluding carboxylic acids is 1. The third-order valence-corrected chi connectivity index (χ3v) is 5.92. The van der Waals surface area contributed by atoms with Gasteiger partial charge in [-0.15, -0.1) is 0 Å². The van der Waals surface area contributed by atoms with Crippen LogP contribution in [0.25, 0.3) is 6.08 Å². The van der Waals surface area contributed by atoms with Crippen molar-refractivity contribution in [3.63, 3.8) is 0 Å². The van der Waals surface area contributed by atoms with Crippen molar-refractivity contribution in [2.45, 2.75) is 19.6 Å². The summed E-state index contributed by atoms with van der Waals surface area (Å²) in [6, 6.07) is 22.4. The van der Waals surface area contributed by atoms with Crippen LogP contribution >= 0.6 is 45.8 Å². The second-order valence-electron chi connectivity index (χ2n) is 7.00. The van der Waals surface area contributed by atoms with Gasteiger partial charge in [0.1, 0.15) is 18.2 Å². The van der Waals surface area contributed by atoms with Crippen molar-refractivity contribution < 1.29 is 9.53 Å². The van der Waals surface area contributed by atoms with Crippen LogP contribution in [-0.2, 0) is 11.4 Å². The van der Waals surface area contributed by atoms with Crippen molar-refractivity contribution in [2.24, 2.45) is 0 Å². The lowest BCUT2D eigenvalue weighted by Crippen LogP contribution is -2.27. The van der Waals surface area contributed by atoms with Crippen LogP contribution in [0.4, 0.5) is 0 Å². The van der Waals surface area contributed by atoms with E-state index in [1.54, 1.807) is 12.1 Å². The van der Waals surface area contributed by atoms with E-state index in [1.165, 1.54) is 6.08 Å².